The molecular weight excluding hydrogens is 307 g/mol. The second-order valence-electron chi connectivity index (χ2n) is 4.81. The second kappa shape index (κ2) is 5.60. The number of carbonyl (C=O) groups excluding carboxylic acids is 1. The molecule has 0 bridgehead atoms. The SMILES string of the molecule is NC(=O)c1c[nH]nc1-c1ccccc1-c1cc(F)c(F)c(F)c1. The van der Waals surface area contributed by atoms with E-state index in [0.29, 0.717) is 11.1 Å². The van der Waals surface area contributed by atoms with Gasteiger partial charge in [-0.05, 0) is 23.3 Å². The third-order valence-electron chi connectivity index (χ3n) is 3.38. The molecule has 1 heterocycles. The maximum Gasteiger partial charge on any atom is 0.252 e. The maximum atomic E-state index is 13.5. The van der Waals surface area contributed by atoms with E-state index in [4.69, 9.17) is 5.73 Å². The molecule has 1 amide bonds. The Morgan fingerprint density at radius 2 is 1.65 bits per heavy atom. The predicted molar refractivity (Wildman–Crippen MR) is 77.9 cm³/mol. The fourth-order valence-electron chi connectivity index (χ4n) is 2.34. The molecule has 2 aromatic carbocycles. The van der Waals surface area contributed by atoms with Crippen molar-refractivity contribution in [2.45, 2.75) is 0 Å². The molecule has 3 N–H and O–H groups in total. The van der Waals surface area contributed by atoms with E-state index < -0.39 is 23.4 Å². The zero-order valence-corrected chi connectivity index (χ0v) is 11.6. The molecule has 3 rings (SSSR count). The molecule has 0 fully saturated rings. The highest BCUT2D eigenvalue weighted by Crippen LogP contribution is 2.33. The van der Waals surface area contributed by atoms with Crippen molar-refractivity contribution in [2.75, 3.05) is 0 Å². The summed E-state index contributed by atoms with van der Waals surface area (Å²) in [5.74, 6) is -4.83. The van der Waals surface area contributed by atoms with Crippen LogP contribution in [-0.4, -0.2) is 16.1 Å². The molecule has 3 aromatic rings. The van der Waals surface area contributed by atoms with Gasteiger partial charge >= 0.3 is 0 Å². The van der Waals surface area contributed by atoms with Gasteiger partial charge in [0.2, 0.25) is 0 Å². The molecule has 0 aliphatic carbocycles. The summed E-state index contributed by atoms with van der Waals surface area (Å²) in [7, 11) is 0. The molecule has 23 heavy (non-hydrogen) atoms. The van der Waals surface area contributed by atoms with Crippen LogP contribution in [0.15, 0.2) is 42.6 Å². The third kappa shape index (κ3) is 2.57. The normalized spacial score (nSPS) is 10.7. The molecule has 0 spiro atoms. The van der Waals surface area contributed by atoms with Crippen LogP contribution in [0.3, 0.4) is 0 Å². The summed E-state index contributed by atoms with van der Waals surface area (Å²) in [5, 5.41) is 6.50. The maximum absolute atomic E-state index is 13.5. The fourth-order valence-corrected chi connectivity index (χ4v) is 2.34. The number of amides is 1. The highest BCUT2D eigenvalue weighted by Gasteiger charge is 2.18. The van der Waals surface area contributed by atoms with E-state index in [-0.39, 0.29) is 16.8 Å². The lowest BCUT2D eigenvalue weighted by molar-refractivity contribution is 0.100. The quantitative estimate of drug-likeness (QED) is 0.728. The second-order valence-corrected chi connectivity index (χ2v) is 4.81. The number of benzene rings is 2. The number of primary amides is 1. The van der Waals surface area contributed by atoms with E-state index >= 15 is 0 Å². The average molecular weight is 317 g/mol. The van der Waals surface area contributed by atoms with Gasteiger partial charge in [0.05, 0.1) is 5.56 Å². The zero-order chi connectivity index (χ0) is 16.6. The van der Waals surface area contributed by atoms with Crippen molar-refractivity contribution in [1.29, 1.82) is 0 Å². The first kappa shape index (κ1) is 14.8. The van der Waals surface area contributed by atoms with E-state index in [1.54, 1.807) is 24.3 Å². The van der Waals surface area contributed by atoms with Gasteiger partial charge in [0, 0.05) is 11.8 Å². The summed E-state index contributed by atoms with van der Waals surface area (Å²) in [6.45, 7) is 0. The summed E-state index contributed by atoms with van der Waals surface area (Å²) in [5.41, 5.74) is 6.62. The molecule has 116 valence electrons. The van der Waals surface area contributed by atoms with Crippen LogP contribution in [0.25, 0.3) is 22.4 Å². The number of hydrogen-bond acceptors (Lipinski definition) is 2. The minimum atomic E-state index is -1.54. The van der Waals surface area contributed by atoms with Crippen LogP contribution in [0.5, 0.6) is 0 Å². The summed E-state index contributed by atoms with van der Waals surface area (Å²) >= 11 is 0. The summed E-state index contributed by atoms with van der Waals surface area (Å²) < 4.78 is 40.1. The highest BCUT2D eigenvalue weighted by molar-refractivity contribution is 6.00. The van der Waals surface area contributed by atoms with Crippen LogP contribution in [-0.2, 0) is 0 Å². The van der Waals surface area contributed by atoms with Crippen LogP contribution in [0, 0.1) is 17.5 Å². The Kier molecular flexibility index (Phi) is 3.61. The number of aromatic amines is 1. The van der Waals surface area contributed by atoms with Crippen LogP contribution in [0.4, 0.5) is 13.2 Å². The Labute approximate surface area is 128 Å². The number of H-pyrrole nitrogens is 1. The van der Waals surface area contributed by atoms with Gasteiger partial charge < -0.3 is 5.73 Å². The van der Waals surface area contributed by atoms with Crippen molar-refractivity contribution in [2.24, 2.45) is 5.73 Å². The molecule has 0 aliphatic heterocycles. The lowest BCUT2D eigenvalue weighted by atomic mass is 9.95. The van der Waals surface area contributed by atoms with Crippen molar-refractivity contribution in [1.82, 2.24) is 10.2 Å². The van der Waals surface area contributed by atoms with Gasteiger partial charge in [-0.1, -0.05) is 24.3 Å². The summed E-state index contributed by atoms with van der Waals surface area (Å²) in [6.07, 6.45) is 1.33. The molecular formula is C16H10F3N3O. The van der Waals surface area contributed by atoms with Gasteiger partial charge in [0.15, 0.2) is 17.5 Å². The molecule has 7 heteroatoms. The van der Waals surface area contributed by atoms with E-state index in [0.717, 1.165) is 12.1 Å². The van der Waals surface area contributed by atoms with Crippen LogP contribution < -0.4 is 5.73 Å². The van der Waals surface area contributed by atoms with Crippen LogP contribution in [0.2, 0.25) is 0 Å². The predicted octanol–water partition coefficient (Wildman–Crippen LogP) is 3.26. The lowest BCUT2D eigenvalue weighted by Gasteiger charge is -2.09. The van der Waals surface area contributed by atoms with Crippen LogP contribution in [0.1, 0.15) is 10.4 Å². The van der Waals surface area contributed by atoms with Crippen molar-refractivity contribution in [3.8, 4) is 22.4 Å². The van der Waals surface area contributed by atoms with Gasteiger partial charge in [-0.15, -0.1) is 0 Å². The molecule has 0 atom stereocenters. The minimum absolute atomic E-state index is 0.121. The monoisotopic (exact) mass is 317 g/mol. The highest BCUT2D eigenvalue weighted by atomic mass is 19.2. The molecule has 0 aliphatic rings. The Morgan fingerprint density at radius 1 is 1.04 bits per heavy atom. The Morgan fingerprint density at radius 3 is 2.26 bits per heavy atom. The van der Waals surface area contributed by atoms with Gasteiger partial charge in [-0.2, -0.15) is 5.10 Å². The standard InChI is InChI=1S/C16H10F3N3O/c17-12-5-8(6-13(18)14(12)19)9-3-1-2-4-10(9)15-11(16(20)23)7-21-22-15/h1-7H,(H2,20,23)(H,21,22). The molecule has 0 saturated carbocycles. The number of nitrogens with two attached hydrogens (primary N) is 1. The zero-order valence-electron chi connectivity index (χ0n) is 11.6. The smallest absolute Gasteiger partial charge is 0.252 e. The van der Waals surface area contributed by atoms with Gasteiger partial charge in [0.25, 0.3) is 5.91 Å². The topological polar surface area (TPSA) is 71.8 Å². The molecule has 0 saturated heterocycles. The number of carbonyl (C=O) groups is 1. The largest absolute Gasteiger partial charge is 0.365 e. The first-order valence-electron chi connectivity index (χ1n) is 6.57. The van der Waals surface area contributed by atoms with Gasteiger partial charge in [-0.25, -0.2) is 13.2 Å². The number of hydrogen-bond donors (Lipinski definition) is 2. The van der Waals surface area contributed by atoms with Crippen LogP contribution >= 0.6 is 0 Å². The first-order chi connectivity index (χ1) is 11.0. The lowest BCUT2D eigenvalue weighted by Crippen LogP contribution is -2.11. The van der Waals surface area contributed by atoms with E-state index in [2.05, 4.69) is 10.2 Å². The number of nitrogens with one attached hydrogen (secondary N) is 1. The Bertz CT molecular complexity index is 882. The average Bonchev–Trinajstić information content (AvgIpc) is 3.02. The molecule has 0 unspecified atom stereocenters. The Hall–Kier alpha value is -3.09. The first-order valence-corrected chi connectivity index (χ1v) is 6.57. The van der Waals surface area contributed by atoms with E-state index in [9.17, 15) is 18.0 Å². The van der Waals surface area contributed by atoms with E-state index in [1.807, 2.05) is 0 Å². The molecule has 4 nitrogen and oxygen atoms in total. The number of aromatic nitrogens is 2. The van der Waals surface area contributed by atoms with Crippen molar-refractivity contribution >= 4 is 5.91 Å². The number of halogens is 3. The fraction of sp³-hybridized carbons (Fsp3) is 0. The Balaban J connectivity index is 2.23. The molecule has 0 radical (unpaired) electrons. The number of nitrogens with zero attached hydrogens (tertiary/aromatic N) is 1. The van der Waals surface area contributed by atoms with Crippen molar-refractivity contribution < 1.29 is 18.0 Å². The summed E-state index contributed by atoms with van der Waals surface area (Å²) in [4.78, 5) is 11.4. The van der Waals surface area contributed by atoms with Gasteiger partial charge in [0.1, 0.15) is 5.69 Å². The third-order valence-corrected chi connectivity index (χ3v) is 3.38. The van der Waals surface area contributed by atoms with Gasteiger partial charge in [-0.3, -0.25) is 9.89 Å². The summed E-state index contributed by atoms with van der Waals surface area (Å²) in [6, 6.07) is 8.29. The van der Waals surface area contributed by atoms with Crippen molar-refractivity contribution in [3.05, 3.63) is 65.6 Å². The minimum Gasteiger partial charge on any atom is -0.365 e. The number of rotatable bonds is 3. The van der Waals surface area contributed by atoms with E-state index in [1.165, 1.54) is 6.20 Å². The molecule has 1 aromatic heterocycles. The van der Waals surface area contributed by atoms with Crippen molar-refractivity contribution in [3.63, 3.8) is 0 Å².